The average Bonchev–Trinajstić information content (AvgIpc) is 1.66. The number of sulfone groups is 1. The Labute approximate surface area is 777 Å². The fourth-order valence-corrected chi connectivity index (χ4v) is 22.9. The van der Waals surface area contributed by atoms with E-state index in [1.54, 1.807) is 24.3 Å². The summed E-state index contributed by atoms with van der Waals surface area (Å²) in [6.45, 7) is 39.4. The van der Waals surface area contributed by atoms with E-state index in [9.17, 15) is 45.5 Å². The first-order valence-corrected chi connectivity index (χ1v) is 52.1. The van der Waals surface area contributed by atoms with Gasteiger partial charge in [-0.2, -0.15) is 0 Å². The van der Waals surface area contributed by atoms with Crippen LogP contribution in [0.3, 0.4) is 0 Å². The molecule has 27 heteroatoms. The number of piperidine rings is 5. The first kappa shape index (κ1) is 99.3. The molecule has 11 atom stereocenters. The maximum atomic E-state index is 14.4. The Bertz CT molecular complexity index is 4650. The van der Waals surface area contributed by atoms with Crippen LogP contribution in [-0.2, 0) is 21.1 Å². The number of aliphatic hydroxyl groups is 1. The van der Waals surface area contributed by atoms with E-state index in [-0.39, 0.29) is 52.9 Å². The number of β-amino-alcohol motifs (C(OH)–C–C–N with tert-alkyl or cyclic N) is 1. The maximum Gasteiger partial charge on any atom is 0.273 e. The monoisotopic (exact) mass is 1840 g/mol. The molecule has 9 heterocycles. The number of aryl methyl sites for hydroxylation is 1. The molecule has 6 saturated heterocycles. The zero-order chi connectivity index (χ0) is 92.3. The lowest BCUT2D eigenvalue weighted by molar-refractivity contribution is -0.115. The van der Waals surface area contributed by atoms with Gasteiger partial charge >= 0.3 is 0 Å². The van der Waals surface area contributed by atoms with Crippen LogP contribution in [0.4, 0.5) is 29.1 Å². The Morgan fingerprint density at radius 1 is 0.542 bits per heavy atom. The van der Waals surface area contributed by atoms with Gasteiger partial charge in [-0.25, -0.2) is 31.0 Å². The van der Waals surface area contributed by atoms with Crippen LogP contribution >= 0.6 is 0 Å². The van der Waals surface area contributed by atoms with Gasteiger partial charge in [0.2, 0.25) is 11.8 Å². The highest BCUT2D eigenvalue weighted by atomic mass is 32.2. The van der Waals surface area contributed by atoms with Gasteiger partial charge in [-0.15, -0.1) is 4.98 Å². The van der Waals surface area contributed by atoms with E-state index in [0.717, 1.165) is 197 Å². The summed E-state index contributed by atoms with van der Waals surface area (Å²) < 4.78 is 107. The third kappa shape index (κ3) is 30.4. The van der Waals surface area contributed by atoms with Crippen molar-refractivity contribution in [3.63, 3.8) is 0 Å². The number of hydrogen-bond donors (Lipinski definition) is 3. The summed E-state index contributed by atoms with van der Waals surface area (Å²) in [5.74, 6) is 11.8. The first-order valence-electron chi connectivity index (χ1n) is 50.2. The lowest BCUT2D eigenvalue weighted by Gasteiger charge is -2.33. The minimum absolute atomic E-state index is 0.0483. The third-order valence-electron chi connectivity index (χ3n) is 30.8. The van der Waals surface area contributed by atoms with Crippen LogP contribution in [0.2, 0.25) is 0 Å². The molecule has 6 saturated carbocycles. The average molecular weight is 1840 g/mol. The number of alkyl halides is 2. The molecular formula is C104H149F4N11O11S. The fourth-order valence-electron chi connectivity index (χ4n) is 22.3. The molecule has 7 aliphatic heterocycles. The van der Waals surface area contributed by atoms with Gasteiger partial charge in [0.05, 0.1) is 68.1 Å². The van der Waals surface area contributed by atoms with Gasteiger partial charge in [-0.1, -0.05) is 34.3 Å². The Morgan fingerprint density at radius 2 is 0.969 bits per heavy atom. The molecule has 720 valence electrons. The summed E-state index contributed by atoms with van der Waals surface area (Å²) in [5, 5.41) is 15.3. The van der Waals surface area contributed by atoms with Gasteiger partial charge < -0.3 is 68.8 Å². The Morgan fingerprint density at radius 3 is 1.37 bits per heavy atom. The van der Waals surface area contributed by atoms with Crippen molar-refractivity contribution in [2.24, 2.45) is 88.8 Å². The Balaban J connectivity index is 0.000000132. The van der Waals surface area contributed by atoms with Crippen molar-refractivity contribution in [3.8, 4) is 28.9 Å². The zero-order valence-corrected chi connectivity index (χ0v) is 79.9. The van der Waals surface area contributed by atoms with E-state index < -0.39 is 33.5 Å². The number of pyridine rings is 2. The predicted molar refractivity (Wildman–Crippen MR) is 503 cm³/mol. The summed E-state index contributed by atoms with van der Waals surface area (Å²) in [7, 11) is -3.24. The predicted octanol–water partition coefficient (Wildman–Crippen LogP) is 18.1. The van der Waals surface area contributed by atoms with Gasteiger partial charge in [-0.05, 0) is 389 Å². The highest BCUT2D eigenvalue weighted by Crippen LogP contribution is 2.54. The molecule has 12 fully saturated rings. The number of likely N-dealkylation sites (tertiary alicyclic amines) is 6. The molecule has 3 amide bonds. The van der Waals surface area contributed by atoms with E-state index >= 15 is 0 Å². The second-order valence-electron chi connectivity index (χ2n) is 40.4. The number of nitrogens with zero attached hydrogens (tertiary/aromatic N) is 9. The number of amides is 3. The van der Waals surface area contributed by atoms with Crippen LogP contribution in [0.25, 0.3) is 4.85 Å². The number of rotatable bonds is 36. The molecule has 0 bridgehead atoms. The molecule has 13 aliphatic rings. The van der Waals surface area contributed by atoms with E-state index in [1.807, 2.05) is 36.1 Å². The van der Waals surface area contributed by atoms with Crippen LogP contribution in [0.15, 0.2) is 90.0 Å². The van der Waals surface area contributed by atoms with Crippen LogP contribution in [0, 0.1) is 114 Å². The number of aliphatic hydroxyl groups excluding tert-OH is 1. The number of anilines is 1. The summed E-state index contributed by atoms with van der Waals surface area (Å²) in [4.78, 5) is 61.2. The lowest BCUT2D eigenvalue weighted by Crippen LogP contribution is -2.41. The molecule has 131 heavy (non-hydrogen) atoms. The highest BCUT2D eigenvalue weighted by molar-refractivity contribution is 7.90. The molecular weight excluding hydrogens is 1690 g/mol. The van der Waals surface area contributed by atoms with E-state index in [4.69, 9.17) is 30.3 Å². The van der Waals surface area contributed by atoms with Crippen molar-refractivity contribution in [2.45, 2.75) is 225 Å². The minimum atomic E-state index is -3.24. The number of hydrogen-bond acceptors (Lipinski definition) is 18. The second kappa shape index (κ2) is 47.2. The van der Waals surface area contributed by atoms with Crippen LogP contribution in [0.5, 0.6) is 28.9 Å². The first-order chi connectivity index (χ1) is 63.2. The van der Waals surface area contributed by atoms with Crippen LogP contribution in [0.1, 0.15) is 221 Å². The van der Waals surface area contributed by atoms with E-state index in [2.05, 4.69) is 72.7 Å². The highest BCUT2D eigenvalue weighted by Gasteiger charge is 2.48. The van der Waals surface area contributed by atoms with E-state index in [1.165, 1.54) is 210 Å². The molecule has 3 aromatic carbocycles. The summed E-state index contributed by atoms with van der Waals surface area (Å²) >= 11 is 0. The fraction of sp³-hybridized carbons (Fsp3) is 0.692. The minimum Gasteiger partial charge on any atom is -0.495 e. The Hall–Kier alpha value is -7.71. The molecule has 3 N–H and O–H groups in total. The third-order valence-corrected chi connectivity index (χ3v) is 31.9. The number of benzene rings is 3. The van der Waals surface area contributed by atoms with Gasteiger partial charge in [-0.3, -0.25) is 19.3 Å². The molecule has 18 rings (SSSR count). The number of carbonyl (C=O) groups is 3. The van der Waals surface area contributed by atoms with Crippen molar-refractivity contribution in [3.05, 3.63) is 130 Å². The van der Waals surface area contributed by atoms with Crippen LogP contribution < -0.4 is 34.3 Å². The topological polar surface area (TPSA) is 225 Å². The number of ether oxygens (including phenoxy) is 5. The van der Waals surface area contributed by atoms with Crippen molar-refractivity contribution < 1.29 is 69.2 Å². The van der Waals surface area contributed by atoms with Crippen molar-refractivity contribution in [1.29, 1.82) is 0 Å². The second-order valence-corrected chi connectivity index (χ2v) is 42.5. The molecule has 5 aromatic rings. The van der Waals surface area contributed by atoms with Crippen LogP contribution in [-0.4, -0.2) is 239 Å². The lowest BCUT2D eigenvalue weighted by atomic mass is 9.90. The molecule has 0 radical (unpaired) electrons. The van der Waals surface area contributed by atoms with Gasteiger partial charge in [0.15, 0.2) is 9.84 Å². The van der Waals surface area contributed by atoms with Crippen molar-refractivity contribution >= 4 is 39.1 Å². The quantitative estimate of drug-likeness (QED) is 0.0250. The van der Waals surface area contributed by atoms with Crippen molar-refractivity contribution in [1.82, 2.24) is 44.7 Å². The molecule has 22 nitrogen and oxygen atoms in total. The SMILES string of the molecule is CC(F)(F)CN1CCC([C@H]2C[C@H]2CCOc2ccc(S(C)(=O)=O)cn2)CC1.CCCN1CCC([C@H]2C[C@H]2CCOc2ccc(C(=O)NC3CC3)c(F)c2)CC1.CCN1CCC([C@H]2C[C@H]2CCOc2ccc(C(=O)N3CCC(O)C3)c(F)c2)CC1.CCN1CCC([C@H]2C[C@H]2CCOc2ccc3c(c2)CC(=O)N3)CC1.[C-]#[N+]c1cc(OCC[C@@H]2C[C@@H]2C2CCN(CC)CC2)cc(C)n1. The van der Waals surface area contributed by atoms with Gasteiger partial charge in [0, 0.05) is 81.5 Å². The number of carbonyl (C=O) groups excluding carboxylic acids is 3. The summed E-state index contributed by atoms with van der Waals surface area (Å²) in [6, 6.07) is 22.0. The largest absolute Gasteiger partial charge is 0.495 e. The number of aromatic nitrogens is 2. The van der Waals surface area contributed by atoms with Gasteiger partial charge in [0.1, 0.15) is 40.3 Å². The molecule has 6 aliphatic carbocycles. The normalized spacial score (nSPS) is 26.1. The number of fused-ring (bicyclic) bond motifs is 1. The molecule has 0 spiro atoms. The smallest absolute Gasteiger partial charge is 0.273 e. The molecule has 1 unspecified atom stereocenters. The Kier molecular flexibility index (Phi) is 35.7. The molecule has 2 aromatic heterocycles. The summed E-state index contributed by atoms with van der Waals surface area (Å²) in [6.07, 6.45) is 31.1. The van der Waals surface area contributed by atoms with Gasteiger partial charge in [0.25, 0.3) is 23.6 Å². The number of halogens is 4. The maximum absolute atomic E-state index is 14.4. The number of nitrogens with one attached hydrogen (secondary N) is 2. The summed E-state index contributed by atoms with van der Waals surface area (Å²) in [5.41, 5.74) is 3.00. The zero-order valence-electron chi connectivity index (χ0n) is 79.1. The standard InChI is InChI=1S/C23H33FN2O3.C23H33FN2O2.C20H28N2O2.C19H28F2N2O3S.C19H27N3O/c1-2-25-9-5-16(6-10-25)21-13-17(21)8-12-29-19-3-4-20(22(24)14-19)23(28)26-11-7-18(27)15-26;1-2-10-26-11-7-16(8-12-26)21-14-17(21)9-13-28-19-5-6-20(22(24)15-19)23(27)25-18-3-4-18;1-2-22-8-5-14(6-9-22)18-12-15(18)7-10-24-17-3-4-19-16(11-17)13-20(23)21-19;1-19(20,21)13-23-8-5-14(6-9-23)17-11-15(17)7-10-26-18-4-3-16(12-22-18)27(2,24)25;1-4-22-8-5-15(6-9-22)18-12-16(18)7-10-23-17-11-14(2)21-19(13-17)20-3/h3-4,14,16-18,21,27H,2,5-13,15H2,1H3;5-6,15-18,21H,2-4,7-14H2,1H3,(H,25,27);3-4,11,14-15,18H,2,5-10,12-13H2,1H3,(H,21,23);3-4,12,14-15,17H,5-11,13H2,1-2H3;11,13,15-16,18H,4-10,12H2,1-2H3/t17-,18?,21-;17-,21-;15-,18-;15-,17-;16-,18-/m11111/s1. The van der Waals surface area contributed by atoms with E-state index in [0.29, 0.717) is 80.2 Å². The van der Waals surface area contributed by atoms with Crippen molar-refractivity contribution in [2.75, 3.05) is 156 Å².